The summed E-state index contributed by atoms with van der Waals surface area (Å²) in [5, 5.41) is 3.58. The number of anilines is 2. The van der Waals surface area contributed by atoms with Crippen LogP contribution in [0.3, 0.4) is 0 Å². The second-order valence-corrected chi connectivity index (χ2v) is 12.2. The van der Waals surface area contributed by atoms with Crippen molar-refractivity contribution >= 4 is 55.5 Å². The lowest BCUT2D eigenvalue weighted by atomic mass is 10.0. The highest BCUT2D eigenvalue weighted by molar-refractivity contribution is 6.07. The monoisotopic (exact) mass is 600 g/mol. The highest BCUT2D eigenvalue weighted by Gasteiger charge is 2.23. The van der Waals surface area contributed by atoms with Gasteiger partial charge in [-0.1, -0.05) is 17.7 Å². The van der Waals surface area contributed by atoms with Crippen LogP contribution in [0.5, 0.6) is 0 Å². The molecule has 8 bridgehead atoms. The van der Waals surface area contributed by atoms with Crippen molar-refractivity contribution in [3.63, 3.8) is 0 Å². The number of nitrogens with one attached hydrogen (secondary N) is 2. The average molecular weight is 601 g/mol. The van der Waals surface area contributed by atoms with Gasteiger partial charge in [-0.3, -0.25) is 0 Å². The van der Waals surface area contributed by atoms with Crippen molar-refractivity contribution in [2.45, 2.75) is 27.7 Å². The summed E-state index contributed by atoms with van der Waals surface area (Å²) in [6, 6.07) is 20.1. The largest absolute Gasteiger partial charge is 0.399 e. The zero-order valence-corrected chi connectivity index (χ0v) is 25.6. The first kappa shape index (κ1) is 26.3. The Bertz CT molecular complexity index is 2660. The molecule has 6 N–H and O–H groups in total. The van der Waals surface area contributed by atoms with E-state index in [2.05, 4.69) is 55.0 Å². The molecule has 0 spiro atoms. The van der Waals surface area contributed by atoms with E-state index in [9.17, 15) is 0 Å². The van der Waals surface area contributed by atoms with E-state index in [-0.39, 0.29) is 0 Å². The molecule has 0 radical (unpaired) electrons. The number of rotatable bonds is 0. The molecule has 0 atom stereocenters. The van der Waals surface area contributed by atoms with Crippen LogP contribution in [-0.4, -0.2) is 39.9 Å². The molecular weight excluding hydrogens is 572 g/mol. The normalized spacial score (nSPS) is 12.1. The van der Waals surface area contributed by atoms with E-state index < -0.39 is 0 Å². The maximum atomic E-state index is 6.41. The molecular formula is C36H28N10. The quantitative estimate of drug-likeness (QED) is 0.132. The number of hydrogen-bond donors (Lipinski definition) is 4. The molecule has 9 rings (SSSR count). The third-order valence-corrected chi connectivity index (χ3v) is 9.01. The molecule has 5 heterocycles. The van der Waals surface area contributed by atoms with Crippen LogP contribution < -0.4 is 11.5 Å². The number of aryl methyl sites for hydroxylation is 4. The Balaban J connectivity index is 1.51. The zero-order valence-electron chi connectivity index (χ0n) is 25.6. The lowest BCUT2D eigenvalue weighted by Crippen LogP contribution is -1.92. The SMILES string of the molecule is Cc1ccc2c(c1)-c1nc-2nc2[nH]c(nc3nc(nc4[nH]c(n1)c1cc(C)c(C)cc41)-c1cc(C)c(N)cc1-3)c1ccc(N)cc21. The average Bonchev–Trinajstić information content (AvgIpc) is 3.73. The van der Waals surface area contributed by atoms with Gasteiger partial charge in [-0.25, -0.2) is 29.9 Å². The predicted molar refractivity (Wildman–Crippen MR) is 184 cm³/mol. The van der Waals surface area contributed by atoms with E-state index in [0.717, 1.165) is 66.1 Å². The lowest BCUT2D eigenvalue weighted by molar-refractivity contribution is 1.19. The van der Waals surface area contributed by atoms with Crippen molar-refractivity contribution in [2.24, 2.45) is 0 Å². The van der Waals surface area contributed by atoms with Crippen molar-refractivity contribution in [1.29, 1.82) is 0 Å². The first-order valence-corrected chi connectivity index (χ1v) is 15.0. The zero-order chi connectivity index (χ0) is 31.4. The molecule has 0 aliphatic carbocycles. The van der Waals surface area contributed by atoms with Gasteiger partial charge in [0.2, 0.25) is 0 Å². The van der Waals surface area contributed by atoms with E-state index in [0.29, 0.717) is 57.3 Å². The lowest BCUT2D eigenvalue weighted by Gasteiger charge is -2.04. The Morgan fingerprint density at radius 3 is 1.54 bits per heavy atom. The van der Waals surface area contributed by atoms with Gasteiger partial charge in [0, 0.05) is 55.2 Å². The summed E-state index contributed by atoms with van der Waals surface area (Å²) in [5.74, 6) is 2.16. The van der Waals surface area contributed by atoms with Crippen LogP contribution in [0.1, 0.15) is 22.3 Å². The highest BCUT2D eigenvalue weighted by Crippen LogP contribution is 2.39. The van der Waals surface area contributed by atoms with Crippen LogP contribution in [-0.2, 0) is 0 Å². The van der Waals surface area contributed by atoms with E-state index in [1.807, 2.05) is 43.3 Å². The summed E-state index contributed by atoms with van der Waals surface area (Å²) >= 11 is 0. The van der Waals surface area contributed by atoms with Crippen LogP contribution in [0, 0.1) is 27.7 Å². The smallest absolute Gasteiger partial charge is 0.164 e. The number of aromatic nitrogens is 8. The Hall–Kier alpha value is -6.16. The Morgan fingerprint density at radius 1 is 0.435 bits per heavy atom. The molecule has 4 aromatic carbocycles. The Labute approximate surface area is 262 Å². The van der Waals surface area contributed by atoms with Gasteiger partial charge in [-0.2, -0.15) is 0 Å². The van der Waals surface area contributed by atoms with Crippen LogP contribution in [0.15, 0.2) is 60.7 Å². The second-order valence-electron chi connectivity index (χ2n) is 12.2. The summed E-state index contributed by atoms with van der Waals surface area (Å²) < 4.78 is 0. The van der Waals surface area contributed by atoms with Gasteiger partial charge in [-0.05, 0) is 92.9 Å². The molecule has 3 aromatic heterocycles. The summed E-state index contributed by atoms with van der Waals surface area (Å²) in [5.41, 5.74) is 24.3. The number of hydrogen-bond acceptors (Lipinski definition) is 8. The fourth-order valence-corrected chi connectivity index (χ4v) is 6.36. The topological polar surface area (TPSA) is 161 Å². The van der Waals surface area contributed by atoms with Crippen molar-refractivity contribution in [3.8, 4) is 45.6 Å². The Morgan fingerprint density at radius 2 is 0.935 bits per heavy atom. The molecule has 0 fully saturated rings. The minimum absolute atomic E-state index is 0.501. The molecule has 0 unspecified atom stereocenters. The molecule has 2 aliphatic heterocycles. The van der Waals surface area contributed by atoms with E-state index in [4.69, 9.17) is 41.4 Å². The molecule has 10 heteroatoms. The molecule has 7 aromatic rings. The van der Waals surface area contributed by atoms with Crippen LogP contribution >= 0.6 is 0 Å². The standard InChI is InChI=1S/C36H28N10/c1-15-5-7-20-22(9-15)31-39-29(20)40-35-26-13-19(37)6-8-21(26)30(41-35)42-36-27-14-28(38)18(4)12-25(27)34(46-36)45-33-24-11-17(3)16(2)10-23(24)32(43-31)44-33/h5-14H,37-38H2,1-4H3,(H2,39,40,41,42,43,44,45,46). The third kappa shape index (κ3) is 3.83. The minimum Gasteiger partial charge on any atom is -0.399 e. The van der Waals surface area contributed by atoms with Crippen molar-refractivity contribution < 1.29 is 0 Å². The number of benzene rings is 4. The van der Waals surface area contributed by atoms with Crippen molar-refractivity contribution in [2.75, 3.05) is 11.5 Å². The number of nitrogens with two attached hydrogens (primary N) is 2. The summed E-state index contributed by atoms with van der Waals surface area (Å²) in [4.78, 5) is 37.3. The molecule has 0 saturated carbocycles. The molecule has 46 heavy (non-hydrogen) atoms. The first-order chi connectivity index (χ1) is 22.2. The van der Waals surface area contributed by atoms with Gasteiger partial charge in [-0.15, -0.1) is 0 Å². The molecule has 0 saturated heterocycles. The molecule has 0 amide bonds. The van der Waals surface area contributed by atoms with Crippen molar-refractivity contribution in [3.05, 3.63) is 82.9 Å². The predicted octanol–water partition coefficient (Wildman–Crippen LogP) is 7.27. The Kier molecular flexibility index (Phi) is 5.24. The maximum absolute atomic E-state index is 6.41. The van der Waals surface area contributed by atoms with Crippen LogP contribution in [0.4, 0.5) is 11.4 Å². The maximum Gasteiger partial charge on any atom is 0.164 e. The number of nitrogen functional groups attached to an aromatic ring is 2. The second kappa shape index (κ2) is 9.18. The number of aromatic amines is 2. The summed E-state index contributed by atoms with van der Waals surface area (Å²) in [6.45, 7) is 8.24. The van der Waals surface area contributed by atoms with Gasteiger partial charge >= 0.3 is 0 Å². The van der Waals surface area contributed by atoms with Crippen LogP contribution in [0.2, 0.25) is 0 Å². The van der Waals surface area contributed by atoms with Crippen molar-refractivity contribution in [1.82, 2.24) is 39.9 Å². The van der Waals surface area contributed by atoms with Gasteiger partial charge < -0.3 is 21.4 Å². The molecule has 10 nitrogen and oxygen atoms in total. The number of nitrogens with zero attached hydrogens (tertiary/aromatic N) is 6. The molecule has 2 aliphatic rings. The van der Waals surface area contributed by atoms with Crippen LogP contribution in [0.25, 0.3) is 89.7 Å². The van der Waals surface area contributed by atoms with Gasteiger partial charge in [0.15, 0.2) is 23.3 Å². The summed E-state index contributed by atoms with van der Waals surface area (Å²) in [7, 11) is 0. The number of H-pyrrole nitrogens is 2. The van der Waals surface area contributed by atoms with Gasteiger partial charge in [0.05, 0.1) is 0 Å². The minimum atomic E-state index is 0.501. The highest BCUT2D eigenvalue weighted by atomic mass is 15.1. The van der Waals surface area contributed by atoms with E-state index >= 15 is 0 Å². The third-order valence-electron chi connectivity index (χ3n) is 9.01. The molecule has 222 valence electrons. The van der Waals surface area contributed by atoms with Gasteiger partial charge in [0.25, 0.3) is 0 Å². The van der Waals surface area contributed by atoms with E-state index in [1.54, 1.807) is 0 Å². The fraction of sp³-hybridized carbons (Fsp3) is 0.111. The first-order valence-electron chi connectivity index (χ1n) is 15.0. The van der Waals surface area contributed by atoms with E-state index in [1.165, 1.54) is 0 Å². The fourth-order valence-electron chi connectivity index (χ4n) is 6.36. The summed E-state index contributed by atoms with van der Waals surface area (Å²) in [6.07, 6.45) is 0. The number of fused-ring (bicyclic) bond motifs is 20. The van der Waals surface area contributed by atoms with Gasteiger partial charge in [0.1, 0.15) is 22.6 Å².